The highest BCUT2D eigenvalue weighted by molar-refractivity contribution is 5.04. The van der Waals surface area contributed by atoms with Crippen molar-refractivity contribution >= 4 is 0 Å². The van der Waals surface area contributed by atoms with E-state index in [9.17, 15) is 0 Å². The molecule has 1 aliphatic carbocycles. The minimum absolute atomic E-state index is 0.142. The van der Waals surface area contributed by atoms with E-state index in [0.29, 0.717) is 6.42 Å². The Morgan fingerprint density at radius 1 is 1.54 bits per heavy atom. The first-order valence-corrected chi connectivity index (χ1v) is 4.70. The number of aliphatic hydroxyl groups excluding tert-OH is 1. The summed E-state index contributed by atoms with van der Waals surface area (Å²) in [5, 5.41) is 11.9. The lowest BCUT2D eigenvalue weighted by molar-refractivity contribution is 0.293. The summed E-state index contributed by atoms with van der Waals surface area (Å²) in [7, 11) is 0. The van der Waals surface area contributed by atoms with Crippen LogP contribution in [0.5, 0.6) is 0 Å². The molecule has 13 heavy (non-hydrogen) atoms. The molecule has 2 atom stereocenters. The summed E-state index contributed by atoms with van der Waals surface area (Å²) in [6, 6.07) is 0.449. The van der Waals surface area contributed by atoms with Crippen LogP contribution in [0.1, 0.15) is 19.3 Å². The van der Waals surface area contributed by atoms with Gasteiger partial charge in [0, 0.05) is 30.8 Å². The number of rotatable bonds is 4. The fourth-order valence-electron chi connectivity index (χ4n) is 1.47. The lowest BCUT2D eigenvalue weighted by atomic mass is 9.96. The van der Waals surface area contributed by atoms with Gasteiger partial charge >= 0.3 is 0 Å². The van der Waals surface area contributed by atoms with Gasteiger partial charge in [-0.2, -0.15) is 0 Å². The molecule has 0 aromatic rings. The van der Waals surface area contributed by atoms with Crippen molar-refractivity contribution in [2.24, 2.45) is 5.73 Å². The predicted molar refractivity (Wildman–Crippen MR) is 54.1 cm³/mol. The molecule has 0 fully saturated rings. The summed E-state index contributed by atoms with van der Waals surface area (Å²) >= 11 is 0. The number of nitrogens with one attached hydrogen (secondary N) is 1. The molecule has 0 spiro atoms. The average Bonchev–Trinajstić information content (AvgIpc) is 2.09. The fraction of sp³-hybridized carbons (Fsp3) is 0.600. The monoisotopic (exact) mass is 182 g/mol. The van der Waals surface area contributed by atoms with Gasteiger partial charge in [-0.3, -0.25) is 0 Å². The zero-order valence-electron chi connectivity index (χ0n) is 7.87. The molecule has 0 heterocycles. The maximum atomic E-state index is 8.69. The molecule has 1 aliphatic rings. The van der Waals surface area contributed by atoms with Gasteiger partial charge in [0.05, 0.1) is 0 Å². The van der Waals surface area contributed by atoms with Crippen LogP contribution in [-0.4, -0.2) is 23.8 Å². The summed E-state index contributed by atoms with van der Waals surface area (Å²) in [4.78, 5) is 0. The second-order valence-corrected chi connectivity index (χ2v) is 3.43. The largest absolute Gasteiger partial charge is 0.396 e. The van der Waals surface area contributed by atoms with E-state index in [1.165, 1.54) is 0 Å². The van der Waals surface area contributed by atoms with Crippen molar-refractivity contribution in [2.75, 3.05) is 6.61 Å². The van der Waals surface area contributed by atoms with Crippen molar-refractivity contribution in [3.8, 4) is 0 Å². The van der Waals surface area contributed by atoms with E-state index < -0.39 is 0 Å². The van der Waals surface area contributed by atoms with Crippen LogP contribution in [-0.2, 0) is 0 Å². The van der Waals surface area contributed by atoms with Crippen molar-refractivity contribution in [3.63, 3.8) is 0 Å². The van der Waals surface area contributed by atoms with Crippen LogP contribution in [0.15, 0.2) is 24.4 Å². The Labute approximate surface area is 79.3 Å². The number of hydrogen-bond acceptors (Lipinski definition) is 3. The molecule has 0 saturated carbocycles. The average molecular weight is 182 g/mol. The Balaban J connectivity index is 2.35. The smallest absolute Gasteiger partial charge is 0.0485 e. The zero-order valence-corrected chi connectivity index (χ0v) is 7.87. The van der Waals surface area contributed by atoms with E-state index in [-0.39, 0.29) is 18.7 Å². The molecule has 0 aromatic heterocycles. The first-order valence-electron chi connectivity index (χ1n) is 4.70. The molecule has 0 radical (unpaired) electrons. The van der Waals surface area contributed by atoms with Crippen LogP contribution in [0, 0.1) is 0 Å². The van der Waals surface area contributed by atoms with E-state index in [0.717, 1.165) is 18.5 Å². The highest BCUT2D eigenvalue weighted by Gasteiger charge is 2.18. The molecule has 0 aromatic carbocycles. The quantitative estimate of drug-likeness (QED) is 0.555. The zero-order chi connectivity index (χ0) is 9.68. The van der Waals surface area contributed by atoms with Gasteiger partial charge in [0.15, 0.2) is 0 Å². The van der Waals surface area contributed by atoms with E-state index in [2.05, 4.69) is 24.0 Å². The number of hydrogen-bond donors (Lipinski definition) is 3. The van der Waals surface area contributed by atoms with Crippen LogP contribution in [0.4, 0.5) is 0 Å². The molecule has 1 rings (SSSR count). The highest BCUT2D eigenvalue weighted by atomic mass is 16.3. The Kier molecular flexibility index (Phi) is 3.99. The summed E-state index contributed by atoms with van der Waals surface area (Å²) in [6.45, 7) is 3.96. The third kappa shape index (κ3) is 3.20. The van der Waals surface area contributed by atoms with E-state index in [4.69, 9.17) is 10.8 Å². The van der Waals surface area contributed by atoms with Gasteiger partial charge in [0.2, 0.25) is 0 Å². The van der Waals surface area contributed by atoms with Gasteiger partial charge in [0.1, 0.15) is 0 Å². The Morgan fingerprint density at radius 2 is 2.23 bits per heavy atom. The molecular formula is C10H18N2O. The molecule has 0 aliphatic heterocycles. The van der Waals surface area contributed by atoms with Crippen molar-refractivity contribution in [1.82, 2.24) is 5.32 Å². The van der Waals surface area contributed by atoms with Crippen molar-refractivity contribution < 1.29 is 5.11 Å². The summed E-state index contributed by atoms with van der Waals surface area (Å²) in [5.41, 5.74) is 6.78. The second kappa shape index (κ2) is 5.04. The Bertz CT molecular complexity index is 201. The predicted octanol–water partition coefficient (Wildman–Crippen LogP) is 0.518. The van der Waals surface area contributed by atoms with Crippen molar-refractivity contribution in [3.05, 3.63) is 24.4 Å². The molecule has 3 nitrogen and oxygen atoms in total. The number of aliphatic hydroxyl groups is 1. The van der Waals surface area contributed by atoms with Crippen LogP contribution in [0.2, 0.25) is 0 Å². The highest BCUT2D eigenvalue weighted by Crippen LogP contribution is 2.11. The first kappa shape index (κ1) is 10.3. The molecule has 0 amide bonds. The summed E-state index contributed by atoms with van der Waals surface area (Å²) in [6.07, 6.45) is 6.72. The molecule has 4 N–H and O–H groups in total. The fourth-order valence-corrected chi connectivity index (χ4v) is 1.47. The standard InChI is InChI=1S/C10H18N2O/c1-8(6-7-13)12-10-5-3-2-4-9(10)11/h2-3,9-10,12-13H,1,4-7,11H2. The van der Waals surface area contributed by atoms with E-state index in [1.54, 1.807) is 0 Å². The topological polar surface area (TPSA) is 58.3 Å². The van der Waals surface area contributed by atoms with Crippen molar-refractivity contribution in [2.45, 2.75) is 31.3 Å². The molecular weight excluding hydrogens is 164 g/mol. The van der Waals surface area contributed by atoms with Crippen LogP contribution < -0.4 is 11.1 Å². The second-order valence-electron chi connectivity index (χ2n) is 3.43. The molecule has 0 saturated heterocycles. The van der Waals surface area contributed by atoms with Crippen LogP contribution >= 0.6 is 0 Å². The SMILES string of the molecule is C=C(CCO)NC1CC=CCC1N. The minimum atomic E-state index is 0.142. The van der Waals surface area contributed by atoms with Crippen LogP contribution in [0.25, 0.3) is 0 Å². The summed E-state index contributed by atoms with van der Waals surface area (Å²) in [5.74, 6) is 0. The number of nitrogens with two attached hydrogens (primary N) is 1. The van der Waals surface area contributed by atoms with Gasteiger partial charge in [0.25, 0.3) is 0 Å². The first-order chi connectivity index (χ1) is 6.24. The van der Waals surface area contributed by atoms with Gasteiger partial charge in [-0.1, -0.05) is 18.7 Å². The van der Waals surface area contributed by atoms with Gasteiger partial charge in [-0.05, 0) is 12.8 Å². The van der Waals surface area contributed by atoms with Gasteiger partial charge in [-0.25, -0.2) is 0 Å². The van der Waals surface area contributed by atoms with E-state index in [1.807, 2.05) is 0 Å². The third-order valence-corrected chi connectivity index (χ3v) is 2.28. The molecule has 74 valence electrons. The Morgan fingerprint density at radius 3 is 2.85 bits per heavy atom. The Hall–Kier alpha value is -0.800. The van der Waals surface area contributed by atoms with Gasteiger partial charge < -0.3 is 16.2 Å². The van der Waals surface area contributed by atoms with Gasteiger partial charge in [-0.15, -0.1) is 0 Å². The van der Waals surface area contributed by atoms with E-state index >= 15 is 0 Å². The van der Waals surface area contributed by atoms with Crippen molar-refractivity contribution in [1.29, 1.82) is 0 Å². The normalized spacial score (nSPS) is 27.2. The summed E-state index contributed by atoms with van der Waals surface area (Å²) < 4.78 is 0. The lowest BCUT2D eigenvalue weighted by Gasteiger charge is -2.27. The maximum Gasteiger partial charge on any atom is 0.0485 e. The molecule has 2 unspecified atom stereocenters. The lowest BCUT2D eigenvalue weighted by Crippen LogP contribution is -2.45. The minimum Gasteiger partial charge on any atom is -0.396 e. The van der Waals surface area contributed by atoms with Crippen LogP contribution in [0.3, 0.4) is 0 Å². The third-order valence-electron chi connectivity index (χ3n) is 2.28. The molecule has 3 heteroatoms. The molecule has 0 bridgehead atoms. The maximum absolute atomic E-state index is 8.69.